The second-order valence-corrected chi connectivity index (χ2v) is 7.29. The zero-order valence-electron chi connectivity index (χ0n) is 15.8. The molecule has 29 heavy (non-hydrogen) atoms. The zero-order chi connectivity index (χ0) is 21.0. The number of benzene rings is 2. The van der Waals surface area contributed by atoms with E-state index in [2.05, 4.69) is 31.4 Å². The van der Waals surface area contributed by atoms with E-state index >= 15 is 0 Å². The number of amides is 1. The fourth-order valence-electron chi connectivity index (χ4n) is 2.67. The molecule has 0 aliphatic rings. The first kappa shape index (κ1) is 20.4. The minimum atomic E-state index is -0.496. The lowest BCUT2D eigenvalue weighted by Crippen LogP contribution is -2.23. The summed E-state index contributed by atoms with van der Waals surface area (Å²) in [5.74, 6) is -0.0278. The highest BCUT2D eigenvalue weighted by atomic mass is 79.9. The van der Waals surface area contributed by atoms with E-state index in [4.69, 9.17) is 0 Å². The normalized spacial score (nSPS) is 11.3. The third-order valence-corrected chi connectivity index (χ3v) is 4.84. The van der Waals surface area contributed by atoms with E-state index in [0.29, 0.717) is 17.1 Å². The summed E-state index contributed by atoms with van der Waals surface area (Å²) in [4.78, 5) is 27.3. The molecule has 0 spiro atoms. The van der Waals surface area contributed by atoms with Crippen LogP contribution in [0.25, 0.3) is 0 Å². The van der Waals surface area contributed by atoms with Gasteiger partial charge in [-0.2, -0.15) is 5.10 Å². The topological polar surface area (TPSA) is 102 Å². The molecule has 1 amide bonds. The maximum Gasteiger partial charge on any atom is 0.343 e. The van der Waals surface area contributed by atoms with Crippen molar-refractivity contribution >= 4 is 33.4 Å². The molecule has 1 N–H and O–H groups in total. The third kappa shape index (κ3) is 4.94. The molecule has 148 valence electrons. The van der Waals surface area contributed by atoms with Crippen LogP contribution in [0.4, 0.5) is 5.82 Å². The van der Waals surface area contributed by atoms with Gasteiger partial charge < -0.3 is 10.1 Å². The number of nitrogens with one attached hydrogen (secondary N) is 1. The van der Waals surface area contributed by atoms with Crippen molar-refractivity contribution in [2.24, 2.45) is 5.10 Å². The van der Waals surface area contributed by atoms with Crippen LogP contribution < -0.4 is 5.43 Å². The lowest BCUT2D eigenvalue weighted by atomic mass is 10.1. The third-order valence-electron chi connectivity index (χ3n) is 4.31. The molecular weight excluding hydrogens is 438 g/mol. The Morgan fingerprint density at radius 3 is 2.38 bits per heavy atom. The molecule has 1 aromatic heterocycles. The first-order valence-electron chi connectivity index (χ1n) is 8.71. The van der Waals surface area contributed by atoms with Gasteiger partial charge in [0.2, 0.25) is 0 Å². The largest absolute Gasteiger partial charge is 0.358 e. The number of nitrogens with zero attached hydrogens (tertiary/aromatic N) is 4. The Balaban J connectivity index is 1.93. The molecule has 0 unspecified atom stereocenters. The first-order chi connectivity index (χ1) is 13.8. The number of carbonyl (C=O) groups excluding carboxylic acids is 1. The number of hydrogen-bond donors (Lipinski definition) is 1. The van der Waals surface area contributed by atoms with Crippen LogP contribution in [0, 0.1) is 24.0 Å². The summed E-state index contributed by atoms with van der Waals surface area (Å²) in [6.07, 6.45) is 1.21. The SMILES string of the molecule is Cc1ccc(C(=O)N/N=C(/Cn2c([N+](=O)[O-])cnc2C)c2ccc(Br)cc2)cc1. The average molecular weight is 456 g/mol. The molecule has 0 saturated heterocycles. The van der Waals surface area contributed by atoms with Gasteiger partial charge in [-0.3, -0.25) is 4.79 Å². The Kier molecular flexibility index (Phi) is 6.18. The second-order valence-electron chi connectivity index (χ2n) is 6.38. The lowest BCUT2D eigenvalue weighted by molar-refractivity contribution is -0.392. The number of aromatic nitrogens is 2. The number of rotatable bonds is 6. The van der Waals surface area contributed by atoms with Crippen LogP contribution >= 0.6 is 15.9 Å². The molecule has 1 heterocycles. The Bertz CT molecular complexity index is 1070. The maximum atomic E-state index is 12.4. The van der Waals surface area contributed by atoms with Gasteiger partial charge in [0.15, 0.2) is 5.82 Å². The van der Waals surface area contributed by atoms with Crippen LogP contribution in [0.5, 0.6) is 0 Å². The molecule has 3 aromatic rings. The standard InChI is InChI=1S/C20H18BrN5O3/c1-13-3-5-16(6-4-13)20(27)24-23-18(15-7-9-17(21)10-8-15)12-25-14(2)22-11-19(25)26(28)29/h3-11H,12H2,1-2H3,(H,24,27)/b23-18-. The highest BCUT2D eigenvalue weighted by Crippen LogP contribution is 2.17. The summed E-state index contributed by atoms with van der Waals surface area (Å²) in [6.45, 7) is 3.70. The second kappa shape index (κ2) is 8.78. The summed E-state index contributed by atoms with van der Waals surface area (Å²) in [6, 6.07) is 14.4. The monoisotopic (exact) mass is 455 g/mol. The van der Waals surface area contributed by atoms with Gasteiger partial charge in [-0.05, 0) is 36.1 Å². The lowest BCUT2D eigenvalue weighted by Gasteiger charge is -2.09. The van der Waals surface area contributed by atoms with Crippen LogP contribution in [0.3, 0.4) is 0 Å². The van der Waals surface area contributed by atoms with Crippen LogP contribution in [-0.4, -0.2) is 26.1 Å². The molecule has 9 heteroatoms. The van der Waals surface area contributed by atoms with Gasteiger partial charge in [0.05, 0.1) is 0 Å². The fourth-order valence-corrected chi connectivity index (χ4v) is 2.93. The Hall–Kier alpha value is -3.33. The molecule has 0 fully saturated rings. The van der Waals surface area contributed by atoms with E-state index in [-0.39, 0.29) is 18.3 Å². The number of nitro groups is 1. The minimum absolute atomic E-state index is 0.0813. The van der Waals surface area contributed by atoms with Crippen molar-refractivity contribution in [3.05, 3.63) is 91.8 Å². The fraction of sp³-hybridized carbons (Fsp3) is 0.150. The average Bonchev–Trinajstić information content (AvgIpc) is 3.06. The molecule has 0 saturated carbocycles. The summed E-state index contributed by atoms with van der Waals surface area (Å²) < 4.78 is 2.33. The van der Waals surface area contributed by atoms with Gasteiger partial charge in [0, 0.05) is 22.5 Å². The van der Waals surface area contributed by atoms with Crippen molar-refractivity contribution in [1.82, 2.24) is 15.0 Å². The molecule has 3 rings (SSSR count). The highest BCUT2D eigenvalue weighted by molar-refractivity contribution is 9.10. The van der Waals surface area contributed by atoms with Crippen molar-refractivity contribution in [2.75, 3.05) is 0 Å². The van der Waals surface area contributed by atoms with Crippen LogP contribution in [0.2, 0.25) is 0 Å². The number of hydrogen-bond acceptors (Lipinski definition) is 5. The smallest absolute Gasteiger partial charge is 0.343 e. The van der Waals surface area contributed by atoms with Crippen molar-refractivity contribution < 1.29 is 9.72 Å². The van der Waals surface area contributed by atoms with Gasteiger partial charge in [-0.25, -0.2) is 15.0 Å². The van der Waals surface area contributed by atoms with E-state index in [1.165, 1.54) is 10.8 Å². The van der Waals surface area contributed by atoms with Crippen molar-refractivity contribution in [2.45, 2.75) is 20.4 Å². The summed E-state index contributed by atoms with van der Waals surface area (Å²) in [5.41, 5.74) is 5.24. The van der Waals surface area contributed by atoms with Crippen molar-refractivity contribution in [1.29, 1.82) is 0 Å². The number of aryl methyl sites for hydroxylation is 2. The van der Waals surface area contributed by atoms with Gasteiger partial charge in [-0.15, -0.1) is 0 Å². The summed E-state index contributed by atoms with van der Waals surface area (Å²) in [7, 11) is 0. The number of hydrazone groups is 1. The highest BCUT2D eigenvalue weighted by Gasteiger charge is 2.20. The van der Waals surface area contributed by atoms with Gasteiger partial charge in [0.25, 0.3) is 5.91 Å². The molecule has 0 bridgehead atoms. The number of imidazole rings is 1. The van der Waals surface area contributed by atoms with E-state index in [9.17, 15) is 14.9 Å². The molecule has 0 radical (unpaired) electrons. The first-order valence-corrected chi connectivity index (χ1v) is 9.50. The van der Waals surface area contributed by atoms with Gasteiger partial charge in [-0.1, -0.05) is 45.8 Å². The van der Waals surface area contributed by atoms with Crippen LogP contribution in [-0.2, 0) is 6.54 Å². The minimum Gasteiger partial charge on any atom is -0.358 e. The van der Waals surface area contributed by atoms with Crippen LogP contribution in [0.15, 0.2) is 64.3 Å². The summed E-state index contributed by atoms with van der Waals surface area (Å²) in [5, 5.41) is 15.6. The van der Waals surface area contributed by atoms with Gasteiger partial charge >= 0.3 is 5.82 Å². The molecule has 0 aliphatic carbocycles. The molecule has 0 atom stereocenters. The zero-order valence-corrected chi connectivity index (χ0v) is 17.4. The predicted octanol–water partition coefficient (Wildman–Crippen LogP) is 4.00. The Morgan fingerprint density at radius 2 is 1.76 bits per heavy atom. The van der Waals surface area contributed by atoms with E-state index in [1.807, 2.05) is 43.3 Å². The molecule has 2 aromatic carbocycles. The van der Waals surface area contributed by atoms with Crippen molar-refractivity contribution in [3.8, 4) is 0 Å². The predicted molar refractivity (Wildman–Crippen MR) is 113 cm³/mol. The van der Waals surface area contributed by atoms with E-state index in [0.717, 1.165) is 15.6 Å². The Morgan fingerprint density at radius 1 is 1.14 bits per heavy atom. The van der Waals surface area contributed by atoms with E-state index in [1.54, 1.807) is 19.1 Å². The number of halogens is 1. The Labute approximate surface area is 175 Å². The maximum absolute atomic E-state index is 12.4. The molecule has 0 aliphatic heterocycles. The number of carbonyl (C=O) groups is 1. The van der Waals surface area contributed by atoms with Crippen molar-refractivity contribution in [3.63, 3.8) is 0 Å². The summed E-state index contributed by atoms with van der Waals surface area (Å²) >= 11 is 3.38. The van der Waals surface area contributed by atoms with Crippen LogP contribution in [0.1, 0.15) is 27.3 Å². The quantitative estimate of drug-likeness (QED) is 0.344. The molecule has 8 nitrogen and oxygen atoms in total. The molecular formula is C20H18BrN5O3. The van der Waals surface area contributed by atoms with E-state index < -0.39 is 4.92 Å². The van der Waals surface area contributed by atoms with Gasteiger partial charge in [0.1, 0.15) is 18.5 Å².